The van der Waals surface area contributed by atoms with Gasteiger partial charge in [-0.05, 0) is 48.6 Å². The Hall–Kier alpha value is -2.62. The maximum absolute atomic E-state index is 12.9. The Morgan fingerprint density at radius 2 is 2.04 bits per heavy atom. The Balaban J connectivity index is 1.87. The van der Waals surface area contributed by atoms with E-state index in [0.29, 0.717) is 5.76 Å². The van der Waals surface area contributed by atoms with E-state index in [-0.39, 0.29) is 24.7 Å². The van der Waals surface area contributed by atoms with Crippen molar-refractivity contribution in [1.29, 1.82) is 0 Å². The minimum absolute atomic E-state index is 0.0877. The summed E-state index contributed by atoms with van der Waals surface area (Å²) in [5.74, 6) is -1.04. The molecule has 0 N–H and O–H groups in total. The van der Waals surface area contributed by atoms with Crippen molar-refractivity contribution in [2.24, 2.45) is 5.92 Å². The fourth-order valence-electron chi connectivity index (χ4n) is 4.15. The topological polar surface area (TPSA) is 56.5 Å². The maximum atomic E-state index is 12.9. The molecule has 0 spiro atoms. The van der Waals surface area contributed by atoms with Gasteiger partial charge >= 0.3 is 5.97 Å². The van der Waals surface area contributed by atoms with Gasteiger partial charge in [0.05, 0.1) is 18.8 Å². The van der Waals surface area contributed by atoms with Gasteiger partial charge in [-0.15, -0.1) is 0 Å². The van der Waals surface area contributed by atoms with Crippen molar-refractivity contribution in [3.8, 4) is 0 Å². The number of esters is 1. The van der Waals surface area contributed by atoms with Crippen molar-refractivity contribution in [2.75, 3.05) is 6.61 Å². The molecule has 2 atom stereocenters. The highest BCUT2D eigenvalue weighted by atomic mass is 16.5. The predicted molar refractivity (Wildman–Crippen MR) is 92.9 cm³/mol. The monoisotopic (exact) mass is 336 g/mol. The molecule has 1 heterocycles. The highest BCUT2D eigenvalue weighted by Gasteiger charge is 2.45. The number of hydrogen-bond acceptors (Lipinski definition) is 4. The zero-order valence-electron chi connectivity index (χ0n) is 14.2. The number of carbonyl (C=O) groups is 2. The third-order valence-electron chi connectivity index (χ3n) is 5.19. The first-order chi connectivity index (χ1) is 12.2. The molecule has 2 unspecified atom stereocenters. The SMILES string of the molecule is CCOC(=O)C1C(=O)CC2=C(CCc3ccccc32)C1c1ccco1. The number of fused-ring (bicyclic) bond motifs is 2. The summed E-state index contributed by atoms with van der Waals surface area (Å²) in [6, 6.07) is 11.9. The van der Waals surface area contributed by atoms with Crippen LogP contribution in [0.4, 0.5) is 0 Å². The third-order valence-corrected chi connectivity index (χ3v) is 5.19. The molecule has 4 heteroatoms. The minimum atomic E-state index is -0.810. The van der Waals surface area contributed by atoms with Gasteiger partial charge < -0.3 is 9.15 Å². The molecular weight excluding hydrogens is 316 g/mol. The molecule has 0 saturated carbocycles. The minimum Gasteiger partial charge on any atom is -0.469 e. The molecular formula is C21H20O4. The lowest BCUT2D eigenvalue weighted by Crippen LogP contribution is -2.37. The Labute approximate surface area is 146 Å². The van der Waals surface area contributed by atoms with Crippen LogP contribution in [-0.2, 0) is 20.7 Å². The van der Waals surface area contributed by atoms with Gasteiger partial charge in [-0.25, -0.2) is 0 Å². The van der Waals surface area contributed by atoms with Gasteiger partial charge in [0.15, 0.2) is 5.78 Å². The zero-order chi connectivity index (χ0) is 17.4. The molecule has 0 aliphatic heterocycles. The lowest BCUT2D eigenvalue weighted by molar-refractivity contribution is -0.152. The van der Waals surface area contributed by atoms with Crippen molar-refractivity contribution < 1.29 is 18.7 Å². The fraction of sp³-hybridized carbons (Fsp3) is 0.333. The number of rotatable bonds is 3. The van der Waals surface area contributed by atoms with Crippen molar-refractivity contribution >= 4 is 17.3 Å². The predicted octanol–water partition coefficient (Wildman–Crippen LogP) is 3.92. The van der Waals surface area contributed by atoms with E-state index in [1.165, 1.54) is 5.56 Å². The Kier molecular flexibility index (Phi) is 4.04. The second-order valence-corrected chi connectivity index (χ2v) is 6.53. The van der Waals surface area contributed by atoms with Crippen LogP contribution in [0.3, 0.4) is 0 Å². The molecule has 2 aliphatic carbocycles. The lowest BCUT2D eigenvalue weighted by Gasteiger charge is -2.35. The highest BCUT2D eigenvalue weighted by molar-refractivity contribution is 6.07. The van der Waals surface area contributed by atoms with Crippen LogP contribution in [0.1, 0.15) is 42.6 Å². The lowest BCUT2D eigenvalue weighted by atomic mass is 9.67. The average molecular weight is 336 g/mol. The molecule has 0 amide bonds. The largest absolute Gasteiger partial charge is 0.469 e. The molecule has 2 aliphatic rings. The van der Waals surface area contributed by atoms with E-state index in [0.717, 1.165) is 29.6 Å². The summed E-state index contributed by atoms with van der Waals surface area (Å²) in [5.41, 5.74) is 4.61. The van der Waals surface area contributed by atoms with E-state index < -0.39 is 11.9 Å². The van der Waals surface area contributed by atoms with Crippen LogP contribution in [-0.4, -0.2) is 18.4 Å². The number of aryl methyl sites for hydroxylation is 1. The number of ketones is 1. The van der Waals surface area contributed by atoms with Crippen LogP contribution in [0.2, 0.25) is 0 Å². The number of Topliss-reactive ketones (excluding diaryl/α,β-unsaturated/α-hetero) is 1. The van der Waals surface area contributed by atoms with E-state index in [2.05, 4.69) is 12.1 Å². The molecule has 1 aromatic heterocycles. The van der Waals surface area contributed by atoms with Crippen LogP contribution < -0.4 is 0 Å². The van der Waals surface area contributed by atoms with Crippen LogP contribution in [0, 0.1) is 5.92 Å². The van der Waals surface area contributed by atoms with E-state index in [9.17, 15) is 9.59 Å². The number of allylic oxidation sites excluding steroid dienone is 2. The summed E-state index contributed by atoms with van der Waals surface area (Å²) in [4.78, 5) is 25.4. The van der Waals surface area contributed by atoms with Crippen molar-refractivity contribution in [1.82, 2.24) is 0 Å². The average Bonchev–Trinajstić information content (AvgIpc) is 3.15. The highest BCUT2D eigenvalue weighted by Crippen LogP contribution is 2.48. The van der Waals surface area contributed by atoms with E-state index >= 15 is 0 Å². The molecule has 0 saturated heterocycles. The van der Waals surface area contributed by atoms with Gasteiger partial charge in [0.2, 0.25) is 0 Å². The summed E-state index contributed by atoms with van der Waals surface area (Å²) in [6.45, 7) is 2.02. The molecule has 0 fully saturated rings. The summed E-state index contributed by atoms with van der Waals surface area (Å²) < 4.78 is 10.8. The normalized spacial score (nSPS) is 22.4. The van der Waals surface area contributed by atoms with Crippen molar-refractivity contribution in [3.05, 3.63) is 65.1 Å². The number of carbonyl (C=O) groups excluding carboxylic acids is 2. The van der Waals surface area contributed by atoms with Crippen molar-refractivity contribution in [3.63, 3.8) is 0 Å². The van der Waals surface area contributed by atoms with Crippen molar-refractivity contribution in [2.45, 2.75) is 32.1 Å². The van der Waals surface area contributed by atoms with E-state index in [4.69, 9.17) is 9.15 Å². The molecule has 128 valence electrons. The molecule has 0 bridgehead atoms. The van der Waals surface area contributed by atoms with Gasteiger partial charge in [0, 0.05) is 6.42 Å². The first-order valence-corrected chi connectivity index (χ1v) is 8.73. The van der Waals surface area contributed by atoms with Crippen LogP contribution >= 0.6 is 0 Å². The smallest absolute Gasteiger partial charge is 0.317 e. The zero-order valence-corrected chi connectivity index (χ0v) is 14.2. The standard InChI is InChI=1S/C21H20O4/c1-2-24-21(23)20-17(22)12-16-14-7-4-3-6-13(14)9-10-15(16)19(20)18-8-5-11-25-18/h3-8,11,19-20H,2,9-10,12H2,1H3. The summed E-state index contributed by atoms with van der Waals surface area (Å²) >= 11 is 0. The number of furan rings is 1. The summed E-state index contributed by atoms with van der Waals surface area (Å²) in [5, 5.41) is 0. The van der Waals surface area contributed by atoms with Crippen LogP contribution in [0.5, 0.6) is 0 Å². The molecule has 4 rings (SSSR count). The first kappa shape index (κ1) is 15.9. The van der Waals surface area contributed by atoms with E-state index in [1.807, 2.05) is 18.2 Å². The molecule has 0 radical (unpaired) electrons. The van der Waals surface area contributed by atoms with Gasteiger partial charge in [-0.3, -0.25) is 9.59 Å². The Morgan fingerprint density at radius 3 is 2.80 bits per heavy atom. The van der Waals surface area contributed by atoms with E-state index in [1.54, 1.807) is 19.3 Å². The maximum Gasteiger partial charge on any atom is 0.317 e. The fourth-order valence-corrected chi connectivity index (χ4v) is 4.15. The number of benzene rings is 1. The third kappa shape index (κ3) is 2.62. The number of hydrogen-bond donors (Lipinski definition) is 0. The molecule has 4 nitrogen and oxygen atoms in total. The van der Waals surface area contributed by atoms with Gasteiger partial charge in [-0.1, -0.05) is 29.8 Å². The quantitative estimate of drug-likeness (QED) is 0.630. The first-order valence-electron chi connectivity index (χ1n) is 8.73. The molecule has 1 aromatic carbocycles. The summed E-state index contributed by atoms with van der Waals surface area (Å²) in [6.07, 6.45) is 3.62. The summed E-state index contributed by atoms with van der Waals surface area (Å²) in [7, 11) is 0. The van der Waals surface area contributed by atoms with Crippen LogP contribution in [0.15, 0.2) is 52.7 Å². The van der Waals surface area contributed by atoms with Gasteiger partial charge in [0.25, 0.3) is 0 Å². The van der Waals surface area contributed by atoms with Gasteiger partial charge in [-0.2, -0.15) is 0 Å². The Morgan fingerprint density at radius 1 is 1.20 bits per heavy atom. The molecule has 25 heavy (non-hydrogen) atoms. The Bertz CT molecular complexity index is 845. The second-order valence-electron chi connectivity index (χ2n) is 6.53. The second kappa shape index (κ2) is 6.36. The molecule has 2 aromatic rings. The van der Waals surface area contributed by atoms with Gasteiger partial charge in [0.1, 0.15) is 11.7 Å². The van der Waals surface area contributed by atoms with Crippen LogP contribution in [0.25, 0.3) is 5.57 Å². The number of ether oxygens (including phenoxy) is 1.